The maximum atomic E-state index is 12.0. The van der Waals surface area contributed by atoms with Gasteiger partial charge in [-0.05, 0) is 18.9 Å². The Morgan fingerprint density at radius 2 is 2.12 bits per heavy atom. The Morgan fingerprint density at radius 3 is 2.88 bits per heavy atom. The minimum Gasteiger partial charge on any atom is -0.460 e. The molecule has 0 N–H and O–H groups in total. The number of hydrogen-bond donors (Lipinski definition) is 0. The zero-order chi connectivity index (χ0) is 16.9. The topological polar surface area (TPSA) is 55.3 Å². The summed E-state index contributed by atoms with van der Waals surface area (Å²) in [5.41, 5.74) is 2.37. The summed E-state index contributed by atoms with van der Waals surface area (Å²) in [6.45, 7) is 3.46. The van der Waals surface area contributed by atoms with Gasteiger partial charge >= 0.3 is 5.97 Å². The van der Waals surface area contributed by atoms with Crippen molar-refractivity contribution in [2.75, 3.05) is 18.0 Å². The third-order valence-electron chi connectivity index (χ3n) is 4.10. The number of nitrogens with zero attached hydrogens (tertiary/aromatic N) is 3. The predicted molar refractivity (Wildman–Crippen MR) is 93.3 cm³/mol. The third-order valence-corrected chi connectivity index (χ3v) is 4.28. The maximum absolute atomic E-state index is 12.0. The van der Waals surface area contributed by atoms with Crippen molar-refractivity contribution in [2.45, 2.75) is 32.3 Å². The van der Waals surface area contributed by atoms with Gasteiger partial charge in [0.15, 0.2) is 0 Å². The van der Waals surface area contributed by atoms with Crippen molar-refractivity contribution in [3.05, 3.63) is 52.9 Å². The van der Waals surface area contributed by atoms with Crippen LogP contribution in [0, 0.1) is 6.92 Å². The molecule has 1 fully saturated rings. The number of hydrogen-bond acceptors (Lipinski definition) is 5. The molecule has 0 amide bonds. The second-order valence-corrected chi connectivity index (χ2v) is 6.42. The fourth-order valence-corrected chi connectivity index (χ4v) is 2.91. The lowest BCUT2D eigenvalue weighted by Crippen LogP contribution is -2.25. The van der Waals surface area contributed by atoms with E-state index in [0.717, 1.165) is 24.3 Å². The number of rotatable bonds is 5. The van der Waals surface area contributed by atoms with Gasteiger partial charge in [0.1, 0.15) is 17.1 Å². The molecule has 1 aliphatic rings. The lowest BCUT2D eigenvalue weighted by atomic mass is 10.1. The monoisotopic (exact) mass is 345 g/mol. The molecular weight excluding hydrogens is 326 g/mol. The fraction of sp³-hybridized carbons (Fsp3) is 0.389. The minimum atomic E-state index is -0.153. The Kier molecular flexibility index (Phi) is 5.30. The lowest BCUT2D eigenvalue weighted by molar-refractivity contribution is -0.147. The van der Waals surface area contributed by atoms with E-state index in [4.69, 9.17) is 16.3 Å². The molecule has 2 aromatic rings. The second-order valence-electron chi connectivity index (χ2n) is 6.03. The van der Waals surface area contributed by atoms with Gasteiger partial charge in [-0.3, -0.25) is 9.78 Å². The molecule has 1 atom stereocenters. The van der Waals surface area contributed by atoms with Gasteiger partial charge < -0.3 is 9.64 Å². The Morgan fingerprint density at radius 1 is 1.33 bits per heavy atom. The molecule has 2 heterocycles. The normalized spacial score (nSPS) is 17.1. The molecule has 24 heavy (non-hydrogen) atoms. The van der Waals surface area contributed by atoms with E-state index in [0.29, 0.717) is 24.5 Å². The second kappa shape index (κ2) is 7.62. The van der Waals surface area contributed by atoms with Crippen molar-refractivity contribution in [1.29, 1.82) is 0 Å². The van der Waals surface area contributed by atoms with Crippen LogP contribution in [0.2, 0.25) is 5.15 Å². The summed E-state index contributed by atoms with van der Waals surface area (Å²) in [5.74, 6) is 0.570. The molecule has 3 rings (SSSR count). The molecular formula is C18H20ClN3O2. The quantitative estimate of drug-likeness (QED) is 0.779. The highest BCUT2D eigenvalue weighted by atomic mass is 35.5. The van der Waals surface area contributed by atoms with E-state index in [9.17, 15) is 4.79 Å². The molecule has 1 aromatic carbocycles. The van der Waals surface area contributed by atoms with Gasteiger partial charge in [-0.15, -0.1) is 0 Å². The van der Waals surface area contributed by atoms with Crippen LogP contribution in [0.4, 0.5) is 5.82 Å². The molecule has 5 nitrogen and oxygen atoms in total. The summed E-state index contributed by atoms with van der Waals surface area (Å²) in [6.07, 6.45) is 4.98. The van der Waals surface area contributed by atoms with Gasteiger partial charge in [-0.2, -0.15) is 0 Å². The highest BCUT2D eigenvalue weighted by Gasteiger charge is 2.26. The smallest absolute Gasteiger partial charge is 0.306 e. The van der Waals surface area contributed by atoms with E-state index >= 15 is 0 Å². The molecule has 0 bridgehead atoms. The highest BCUT2D eigenvalue weighted by Crippen LogP contribution is 2.21. The van der Waals surface area contributed by atoms with Crippen molar-refractivity contribution < 1.29 is 9.53 Å². The first kappa shape index (κ1) is 16.7. The average Bonchev–Trinajstić information content (AvgIpc) is 3.03. The highest BCUT2D eigenvalue weighted by molar-refractivity contribution is 6.29. The van der Waals surface area contributed by atoms with Gasteiger partial charge in [0.05, 0.1) is 18.9 Å². The van der Waals surface area contributed by atoms with Crippen LogP contribution in [0.1, 0.15) is 24.0 Å². The van der Waals surface area contributed by atoms with Crippen molar-refractivity contribution in [3.8, 4) is 0 Å². The SMILES string of the molecule is Cc1ccc(CCC(=O)O[C@H]2CCN(c3cncc(Cl)n3)C2)cc1. The first-order chi connectivity index (χ1) is 11.6. The number of carbonyl (C=O) groups is 1. The Labute approximate surface area is 146 Å². The minimum absolute atomic E-state index is 0.101. The van der Waals surface area contributed by atoms with Gasteiger partial charge in [0.2, 0.25) is 0 Å². The Hall–Kier alpha value is -2.14. The number of ether oxygens (including phenoxy) is 1. The molecule has 1 saturated heterocycles. The summed E-state index contributed by atoms with van der Waals surface area (Å²) in [7, 11) is 0. The summed E-state index contributed by atoms with van der Waals surface area (Å²) in [4.78, 5) is 22.4. The van der Waals surface area contributed by atoms with Crippen LogP contribution in [0.15, 0.2) is 36.7 Å². The van der Waals surface area contributed by atoms with Crippen LogP contribution < -0.4 is 4.90 Å². The van der Waals surface area contributed by atoms with Crippen molar-refractivity contribution in [3.63, 3.8) is 0 Å². The van der Waals surface area contributed by atoms with Crippen LogP contribution in [-0.2, 0) is 16.0 Å². The van der Waals surface area contributed by atoms with E-state index in [2.05, 4.69) is 34.2 Å². The zero-order valence-corrected chi connectivity index (χ0v) is 14.4. The first-order valence-corrected chi connectivity index (χ1v) is 8.45. The number of anilines is 1. The molecule has 1 aliphatic heterocycles. The molecule has 0 unspecified atom stereocenters. The van der Waals surface area contributed by atoms with E-state index < -0.39 is 0 Å². The third kappa shape index (κ3) is 4.45. The molecule has 6 heteroatoms. The van der Waals surface area contributed by atoms with Gasteiger partial charge in [0.25, 0.3) is 0 Å². The lowest BCUT2D eigenvalue weighted by Gasteiger charge is -2.17. The van der Waals surface area contributed by atoms with Crippen LogP contribution in [0.3, 0.4) is 0 Å². The number of aromatic nitrogens is 2. The number of esters is 1. The number of benzene rings is 1. The van der Waals surface area contributed by atoms with Gasteiger partial charge in [-0.1, -0.05) is 41.4 Å². The standard InChI is InChI=1S/C18H20ClN3O2/c1-13-2-4-14(5-3-13)6-7-18(23)24-15-8-9-22(12-15)17-11-20-10-16(19)21-17/h2-5,10-11,15H,6-9,12H2,1H3/t15-/m0/s1. The van der Waals surface area contributed by atoms with Crippen LogP contribution in [0.25, 0.3) is 0 Å². The van der Waals surface area contributed by atoms with Crippen LogP contribution >= 0.6 is 11.6 Å². The van der Waals surface area contributed by atoms with Crippen molar-refractivity contribution >= 4 is 23.4 Å². The zero-order valence-electron chi connectivity index (χ0n) is 13.6. The summed E-state index contributed by atoms with van der Waals surface area (Å²) in [5, 5.41) is 0.367. The van der Waals surface area contributed by atoms with Crippen molar-refractivity contribution in [2.24, 2.45) is 0 Å². The van der Waals surface area contributed by atoms with E-state index in [1.807, 2.05) is 11.8 Å². The number of halogens is 1. The van der Waals surface area contributed by atoms with Gasteiger partial charge in [0, 0.05) is 19.4 Å². The van der Waals surface area contributed by atoms with E-state index in [1.165, 1.54) is 11.8 Å². The van der Waals surface area contributed by atoms with E-state index in [-0.39, 0.29) is 12.1 Å². The Bertz CT molecular complexity index is 706. The molecule has 0 spiro atoms. The summed E-state index contributed by atoms with van der Waals surface area (Å²) >= 11 is 5.87. The molecule has 126 valence electrons. The molecule has 1 aromatic heterocycles. The Balaban J connectivity index is 1.46. The summed E-state index contributed by atoms with van der Waals surface area (Å²) in [6, 6.07) is 8.22. The number of aryl methyl sites for hydroxylation is 2. The maximum Gasteiger partial charge on any atom is 0.306 e. The first-order valence-electron chi connectivity index (χ1n) is 8.07. The fourth-order valence-electron chi connectivity index (χ4n) is 2.76. The molecule has 0 radical (unpaired) electrons. The molecule has 0 aliphatic carbocycles. The van der Waals surface area contributed by atoms with E-state index in [1.54, 1.807) is 6.20 Å². The molecule has 0 saturated carbocycles. The van der Waals surface area contributed by atoms with Crippen molar-refractivity contribution in [1.82, 2.24) is 9.97 Å². The van der Waals surface area contributed by atoms with Gasteiger partial charge in [-0.25, -0.2) is 4.98 Å². The summed E-state index contributed by atoms with van der Waals surface area (Å²) < 4.78 is 5.58. The van der Waals surface area contributed by atoms with Crippen LogP contribution in [0.5, 0.6) is 0 Å². The number of carbonyl (C=O) groups excluding carboxylic acids is 1. The average molecular weight is 346 g/mol. The largest absolute Gasteiger partial charge is 0.460 e. The predicted octanol–water partition coefficient (Wildman–Crippen LogP) is 3.19. The van der Waals surface area contributed by atoms with Crippen LogP contribution in [-0.4, -0.2) is 35.1 Å².